The minimum absolute atomic E-state index is 0.214. The molecule has 2 rings (SSSR count). The Morgan fingerprint density at radius 2 is 2.36 bits per heavy atom. The van der Waals surface area contributed by atoms with Crippen molar-refractivity contribution in [2.24, 2.45) is 11.3 Å². The molecule has 2 unspecified atom stereocenters. The molecule has 0 spiro atoms. The summed E-state index contributed by atoms with van der Waals surface area (Å²) in [5, 5.41) is 2.96. The molecule has 2 heterocycles. The zero-order valence-electron chi connectivity index (χ0n) is 9.18. The maximum atomic E-state index is 11.3. The minimum atomic E-state index is 0.214. The minimum Gasteiger partial charge on any atom is -0.356 e. The van der Waals surface area contributed by atoms with Gasteiger partial charge in [-0.25, -0.2) is 0 Å². The van der Waals surface area contributed by atoms with Gasteiger partial charge in [-0.15, -0.1) is 0 Å². The Morgan fingerprint density at radius 1 is 1.57 bits per heavy atom. The Morgan fingerprint density at radius 3 is 2.93 bits per heavy atom. The molecular formula is C11H20N2O. The van der Waals surface area contributed by atoms with E-state index in [1.54, 1.807) is 0 Å². The summed E-state index contributed by atoms with van der Waals surface area (Å²) < 4.78 is 0. The summed E-state index contributed by atoms with van der Waals surface area (Å²) in [5.74, 6) is 0.931. The highest BCUT2D eigenvalue weighted by molar-refractivity contribution is 5.79. The fourth-order valence-electron chi connectivity index (χ4n) is 2.82. The van der Waals surface area contributed by atoms with Crippen molar-refractivity contribution in [3.63, 3.8) is 0 Å². The maximum absolute atomic E-state index is 11.3. The monoisotopic (exact) mass is 196 g/mol. The summed E-state index contributed by atoms with van der Waals surface area (Å²) in [6, 6.07) is 0. The fourth-order valence-corrected chi connectivity index (χ4v) is 2.82. The van der Waals surface area contributed by atoms with Gasteiger partial charge in [0, 0.05) is 19.5 Å². The number of carbonyl (C=O) groups is 1. The molecule has 3 nitrogen and oxygen atoms in total. The zero-order chi connectivity index (χ0) is 10.2. The van der Waals surface area contributed by atoms with Crippen LogP contribution in [0.3, 0.4) is 0 Å². The Labute approximate surface area is 85.8 Å². The molecule has 0 bridgehead atoms. The van der Waals surface area contributed by atoms with E-state index in [1.165, 1.54) is 19.4 Å². The average Bonchev–Trinajstić information content (AvgIpc) is 2.48. The highest BCUT2D eigenvalue weighted by Gasteiger charge is 2.41. The normalized spacial score (nSPS) is 39.9. The van der Waals surface area contributed by atoms with Crippen molar-refractivity contribution in [1.82, 2.24) is 10.2 Å². The van der Waals surface area contributed by atoms with Crippen molar-refractivity contribution < 1.29 is 4.79 Å². The average molecular weight is 196 g/mol. The van der Waals surface area contributed by atoms with Crippen LogP contribution in [0.2, 0.25) is 0 Å². The molecule has 2 aliphatic rings. The van der Waals surface area contributed by atoms with E-state index < -0.39 is 0 Å². The van der Waals surface area contributed by atoms with Gasteiger partial charge in [-0.1, -0.05) is 6.92 Å². The highest BCUT2D eigenvalue weighted by Crippen LogP contribution is 2.38. The lowest BCUT2D eigenvalue weighted by molar-refractivity contribution is -0.119. The Bertz CT molecular complexity index is 241. The molecule has 1 amide bonds. The number of amides is 1. The van der Waals surface area contributed by atoms with Gasteiger partial charge < -0.3 is 10.2 Å². The first kappa shape index (κ1) is 9.97. The van der Waals surface area contributed by atoms with E-state index in [9.17, 15) is 4.79 Å². The molecule has 2 saturated heterocycles. The molecule has 80 valence electrons. The van der Waals surface area contributed by atoms with Crippen molar-refractivity contribution in [1.29, 1.82) is 0 Å². The Kier molecular flexibility index (Phi) is 2.52. The smallest absolute Gasteiger partial charge is 0.220 e. The summed E-state index contributed by atoms with van der Waals surface area (Å²) >= 11 is 0. The molecule has 2 aliphatic heterocycles. The molecule has 0 aromatic rings. The third-order valence-corrected chi connectivity index (χ3v) is 3.86. The zero-order valence-corrected chi connectivity index (χ0v) is 9.18. The number of carbonyl (C=O) groups excluding carboxylic acids is 1. The number of hydrogen-bond donors (Lipinski definition) is 1. The quantitative estimate of drug-likeness (QED) is 0.674. The second-order valence-electron chi connectivity index (χ2n) is 5.21. The summed E-state index contributed by atoms with van der Waals surface area (Å²) in [4.78, 5) is 13.6. The highest BCUT2D eigenvalue weighted by atomic mass is 16.1. The lowest BCUT2D eigenvalue weighted by Crippen LogP contribution is -2.41. The van der Waals surface area contributed by atoms with E-state index >= 15 is 0 Å². The summed E-state index contributed by atoms with van der Waals surface area (Å²) in [6.07, 6.45) is 3.30. The van der Waals surface area contributed by atoms with Gasteiger partial charge in [-0.05, 0) is 37.8 Å². The topological polar surface area (TPSA) is 32.3 Å². The maximum Gasteiger partial charge on any atom is 0.220 e. The van der Waals surface area contributed by atoms with E-state index in [-0.39, 0.29) is 11.3 Å². The number of piperidine rings is 1. The molecule has 3 heteroatoms. The van der Waals surface area contributed by atoms with Crippen LogP contribution < -0.4 is 5.32 Å². The molecule has 0 aliphatic carbocycles. The second-order valence-corrected chi connectivity index (χ2v) is 5.21. The number of nitrogens with zero attached hydrogens (tertiary/aromatic N) is 1. The number of likely N-dealkylation sites (tertiary alicyclic amines) is 1. The molecule has 1 N–H and O–H groups in total. The molecule has 0 aromatic carbocycles. The van der Waals surface area contributed by atoms with Crippen molar-refractivity contribution in [3.05, 3.63) is 0 Å². The van der Waals surface area contributed by atoms with Crippen LogP contribution in [0.4, 0.5) is 0 Å². The SMILES string of the molecule is CN1CCCC(C2(C)CNC(=O)C2)C1. The van der Waals surface area contributed by atoms with Crippen LogP contribution in [-0.4, -0.2) is 37.5 Å². The van der Waals surface area contributed by atoms with Gasteiger partial charge >= 0.3 is 0 Å². The summed E-state index contributed by atoms with van der Waals surface area (Å²) in [7, 11) is 2.18. The van der Waals surface area contributed by atoms with Gasteiger partial charge in [0.1, 0.15) is 0 Å². The first-order valence-electron chi connectivity index (χ1n) is 5.55. The van der Waals surface area contributed by atoms with Gasteiger partial charge in [0.05, 0.1) is 0 Å². The van der Waals surface area contributed by atoms with Crippen molar-refractivity contribution in [3.8, 4) is 0 Å². The van der Waals surface area contributed by atoms with Crippen molar-refractivity contribution in [2.75, 3.05) is 26.7 Å². The van der Waals surface area contributed by atoms with Gasteiger partial charge in [0.15, 0.2) is 0 Å². The van der Waals surface area contributed by atoms with Gasteiger partial charge in [0.25, 0.3) is 0 Å². The van der Waals surface area contributed by atoms with E-state index in [1.807, 2.05) is 0 Å². The molecular weight excluding hydrogens is 176 g/mol. The number of nitrogens with one attached hydrogen (secondary N) is 1. The molecule has 0 radical (unpaired) electrons. The largest absolute Gasteiger partial charge is 0.356 e. The first-order chi connectivity index (χ1) is 6.60. The number of rotatable bonds is 1. The molecule has 2 fully saturated rings. The van der Waals surface area contributed by atoms with Crippen LogP contribution in [0, 0.1) is 11.3 Å². The van der Waals surface area contributed by atoms with Gasteiger partial charge in [0.2, 0.25) is 5.91 Å². The third-order valence-electron chi connectivity index (χ3n) is 3.86. The number of hydrogen-bond acceptors (Lipinski definition) is 2. The molecule has 0 saturated carbocycles. The van der Waals surface area contributed by atoms with Crippen LogP contribution in [0.15, 0.2) is 0 Å². The first-order valence-corrected chi connectivity index (χ1v) is 5.55. The summed E-state index contributed by atoms with van der Waals surface area (Å²) in [5.41, 5.74) is 0.214. The lowest BCUT2D eigenvalue weighted by Gasteiger charge is -2.39. The van der Waals surface area contributed by atoms with E-state index in [0.717, 1.165) is 19.5 Å². The van der Waals surface area contributed by atoms with Crippen LogP contribution in [0.1, 0.15) is 26.2 Å². The fraction of sp³-hybridized carbons (Fsp3) is 0.909. The van der Waals surface area contributed by atoms with Crippen LogP contribution in [-0.2, 0) is 4.79 Å². The Balaban J connectivity index is 2.02. The van der Waals surface area contributed by atoms with E-state index in [4.69, 9.17) is 0 Å². The molecule has 2 atom stereocenters. The second kappa shape index (κ2) is 3.54. The molecule has 14 heavy (non-hydrogen) atoms. The summed E-state index contributed by atoms with van der Waals surface area (Å²) in [6.45, 7) is 5.51. The third kappa shape index (κ3) is 1.78. The standard InChI is InChI=1S/C11H20N2O/c1-11(6-10(14)12-8-11)9-4-3-5-13(2)7-9/h9H,3-8H2,1-2H3,(H,12,14). The lowest BCUT2D eigenvalue weighted by atomic mass is 9.72. The van der Waals surface area contributed by atoms with Crippen molar-refractivity contribution in [2.45, 2.75) is 26.2 Å². The van der Waals surface area contributed by atoms with Gasteiger partial charge in [-0.2, -0.15) is 0 Å². The predicted molar refractivity (Wildman–Crippen MR) is 56.0 cm³/mol. The van der Waals surface area contributed by atoms with Crippen molar-refractivity contribution >= 4 is 5.91 Å². The van der Waals surface area contributed by atoms with Crippen LogP contribution in [0.25, 0.3) is 0 Å². The van der Waals surface area contributed by atoms with E-state index in [2.05, 4.69) is 24.2 Å². The Hall–Kier alpha value is -0.570. The van der Waals surface area contributed by atoms with E-state index in [0.29, 0.717) is 5.92 Å². The van der Waals surface area contributed by atoms with Crippen LogP contribution in [0.5, 0.6) is 0 Å². The van der Waals surface area contributed by atoms with Gasteiger partial charge in [-0.3, -0.25) is 4.79 Å². The van der Waals surface area contributed by atoms with Crippen LogP contribution >= 0.6 is 0 Å². The molecule has 0 aromatic heterocycles. The predicted octanol–water partition coefficient (Wildman–Crippen LogP) is 0.854.